The summed E-state index contributed by atoms with van der Waals surface area (Å²) >= 11 is 3.63. The summed E-state index contributed by atoms with van der Waals surface area (Å²) in [4.78, 5) is 0. The van der Waals surface area contributed by atoms with E-state index in [0.717, 1.165) is 10.9 Å². The third kappa shape index (κ3) is 2.69. The SMILES string of the molecule is Brc1cccc([C@@H]2Nc3ccc(-c4ccccc4)cc3[C@@H]3C=CC[C@@H]32)c1. The monoisotopic (exact) mass is 401 g/mol. The van der Waals surface area contributed by atoms with Crippen LogP contribution in [-0.4, -0.2) is 0 Å². The van der Waals surface area contributed by atoms with Crippen molar-refractivity contribution in [3.63, 3.8) is 0 Å². The third-order valence-electron chi connectivity index (χ3n) is 5.68. The van der Waals surface area contributed by atoms with Gasteiger partial charge in [-0.25, -0.2) is 0 Å². The van der Waals surface area contributed by atoms with Crippen molar-refractivity contribution >= 4 is 21.6 Å². The Morgan fingerprint density at radius 2 is 1.73 bits per heavy atom. The summed E-state index contributed by atoms with van der Waals surface area (Å²) in [5, 5.41) is 3.83. The molecular weight excluding hydrogens is 382 g/mol. The predicted octanol–water partition coefficient (Wildman–Crippen LogP) is 6.94. The number of anilines is 1. The molecule has 1 heterocycles. The number of allylic oxidation sites excluding steroid dienone is 2. The lowest BCUT2D eigenvalue weighted by Gasteiger charge is -2.38. The van der Waals surface area contributed by atoms with Crippen molar-refractivity contribution in [3.05, 3.63) is 101 Å². The summed E-state index contributed by atoms with van der Waals surface area (Å²) < 4.78 is 1.14. The average Bonchev–Trinajstić information content (AvgIpc) is 3.18. The minimum atomic E-state index is 0.350. The van der Waals surface area contributed by atoms with Crippen molar-refractivity contribution in [1.82, 2.24) is 0 Å². The highest BCUT2D eigenvalue weighted by Gasteiger charge is 2.37. The van der Waals surface area contributed by atoms with Gasteiger partial charge in [-0.1, -0.05) is 76.6 Å². The highest BCUT2D eigenvalue weighted by atomic mass is 79.9. The van der Waals surface area contributed by atoms with Crippen molar-refractivity contribution in [1.29, 1.82) is 0 Å². The van der Waals surface area contributed by atoms with Crippen molar-refractivity contribution in [2.75, 3.05) is 5.32 Å². The van der Waals surface area contributed by atoms with Gasteiger partial charge in [0.2, 0.25) is 0 Å². The molecule has 128 valence electrons. The molecule has 3 atom stereocenters. The second-order valence-corrected chi connectivity index (χ2v) is 8.11. The van der Waals surface area contributed by atoms with Gasteiger partial charge in [-0.15, -0.1) is 0 Å². The van der Waals surface area contributed by atoms with E-state index in [4.69, 9.17) is 0 Å². The van der Waals surface area contributed by atoms with Gasteiger partial charge >= 0.3 is 0 Å². The molecular formula is C24H20BrN. The van der Waals surface area contributed by atoms with Crippen LogP contribution in [0.1, 0.15) is 29.5 Å². The number of hydrogen-bond acceptors (Lipinski definition) is 1. The van der Waals surface area contributed by atoms with Gasteiger partial charge in [0.25, 0.3) is 0 Å². The number of rotatable bonds is 2. The standard InChI is InChI=1S/C24H20BrN/c25-19-9-4-8-18(14-19)24-21-11-5-10-20(21)22-15-17(12-13-23(22)26-24)16-6-2-1-3-7-16/h1-10,12-15,20-21,24,26H,11H2/t20-,21+,24+/m1/s1. The zero-order valence-corrected chi connectivity index (χ0v) is 16.0. The van der Waals surface area contributed by atoms with Gasteiger partial charge in [0, 0.05) is 16.1 Å². The molecule has 26 heavy (non-hydrogen) atoms. The fourth-order valence-electron chi connectivity index (χ4n) is 4.43. The molecule has 3 aromatic rings. The molecule has 0 unspecified atom stereocenters. The van der Waals surface area contributed by atoms with Crippen molar-refractivity contribution in [2.24, 2.45) is 5.92 Å². The molecule has 5 rings (SSSR count). The molecule has 0 aromatic heterocycles. The Labute approximate surface area is 162 Å². The van der Waals surface area contributed by atoms with Gasteiger partial charge in [0.1, 0.15) is 0 Å². The fourth-order valence-corrected chi connectivity index (χ4v) is 4.85. The van der Waals surface area contributed by atoms with Crippen LogP contribution in [0.3, 0.4) is 0 Å². The first-order valence-corrected chi connectivity index (χ1v) is 9.97. The summed E-state index contributed by atoms with van der Waals surface area (Å²) in [6.45, 7) is 0. The van der Waals surface area contributed by atoms with Crippen LogP contribution in [0.5, 0.6) is 0 Å². The quantitative estimate of drug-likeness (QED) is 0.458. The van der Waals surface area contributed by atoms with Gasteiger partial charge < -0.3 is 5.32 Å². The van der Waals surface area contributed by atoms with Crippen molar-refractivity contribution in [2.45, 2.75) is 18.4 Å². The Morgan fingerprint density at radius 3 is 2.58 bits per heavy atom. The molecule has 0 fully saturated rings. The zero-order valence-electron chi connectivity index (χ0n) is 14.4. The molecule has 1 aliphatic heterocycles. The maximum atomic E-state index is 3.83. The van der Waals surface area contributed by atoms with E-state index in [9.17, 15) is 0 Å². The molecule has 1 N–H and O–H groups in total. The first-order chi connectivity index (χ1) is 12.8. The Hall–Kier alpha value is -2.32. The van der Waals surface area contributed by atoms with Crippen LogP contribution in [0.2, 0.25) is 0 Å². The Morgan fingerprint density at radius 1 is 0.846 bits per heavy atom. The molecule has 1 aliphatic carbocycles. The predicted molar refractivity (Wildman–Crippen MR) is 112 cm³/mol. The van der Waals surface area contributed by atoms with E-state index in [1.54, 1.807) is 0 Å². The third-order valence-corrected chi connectivity index (χ3v) is 6.17. The lowest BCUT2D eigenvalue weighted by atomic mass is 9.76. The highest BCUT2D eigenvalue weighted by Crippen LogP contribution is 2.50. The minimum absolute atomic E-state index is 0.350. The second-order valence-electron chi connectivity index (χ2n) is 7.20. The smallest absolute Gasteiger partial charge is 0.0554 e. The first kappa shape index (κ1) is 15.9. The van der Waals surface area contributed by atoms with Gasteiger partial charge in [-0.2, -0.15) is 0 Å². The molecule has 0 bridgehead atoms. The molecule has 1 nitrogen and oxygen atoms in total. The molecule has 0 spiro atoms. The van der Waals surface area contributed by atoms with Crippen LogP contribution in [0.4, 0.5) is 5.69 Å². The van der Waals surface area contributed by atoms with Crippen LogP contribution in [-0.2, 0) is 0 Å². The Kier molecular flexibility index (Phi) is 3.94. The van der Waals surface area contributed by atoms with Crippen LogP contribution in [0, 0.1) is 5.92 Å². The van der Waals surface area contributed by atoms with E-state index in [-0.39, 0.29) is 0 Å². The Balaban J connectivity index is 1.57. The molecule has 2 aliphatic rings. The maximum absolute atomic E-state index is 3.83. The highest BCUT2D eigenvalue weighted by molar-refractivity contribution is 9.10. The summed E-state index contributed by atoms with van der Waals surface area (Å²) in [7, 11) is 0. The fraction of sp³-hybridized carbons (Fsp3) is 0.167. The topological polar surface area (TPSA) is 12.0 Å². The second kappa shape index (κ2) is 6.44. The van der Waals surface area contributed by atoms with Crippen molar-refractivity contribution < 1.29 is 0 Å². The van der Waals surface area contributed by atoms with Gasteiger partial charge in [-0.05, 0) is 58.9 Å². The molecule has 0 saturated carbocycles. The largest absolute Gasteiger partial charge is 0.378 e. The lowest BCUT2D eigenvalue weighted by molar-refractivity contribution is 0.425. The minimum Gasteiger partial charge on any atom is -0.378 e. The maximum Gasteiger partial charge on any atom is 0.0554 e. The molecule has 3 aromatic carbocycles. The van der Waals surface area contributed by atoms with E-state index < -0.39 is 0 Å². The summed E-state index contributed by atoms with van der Waals surface area (Å²) in [6, 6.07) is 26.6. The molecule has 0 radical (unpaired) electrons. The van der Waals surface area contributed by atoms with Crippen LogP contribution < -0.4 is 5.32 Å². The van der Waals surface area contributed by atoms with E-state index in [1.807, 2.05) is 0 Å². The first-order valence-electron chi connectivity index (χ1n) is 9.17. The van der Waals surface area contributed by atoms with Crippen LogP contribution in [0.15, 0.2) is 89.4 Å². The van der Waals surface area contributed by atoms with Gasteiger partial charge in [0.15, 0.2) is 0 Å². The van der Waals surface area contributed by atoms with Gasteiger partial charge in [-0.3, -0.25) is 0 Å². The number of benzene rings is 3. The summed E-state index contributed by atoms with van der Waals surface area (Å²) in [6.07, 6.45) is 5.89. The zero-order chi connectivity index (χ0) is 17.5. The van der Waals surface area contributed by atoms with E-state index in [1.165, 1.54) is 27.9 Å². The normalized spacial score (nSPS) is 23.2. The molecule has 2 heteroatoms. The average molecular weight is 402 g/mol. The molecule has 0 saturated heterocycles. The lowest BCUT2D eigenvalue weighted by Crippen LogP contribution is -2.29. The molecule has 0 amide bonds. The summed E-state index contributed by atoms with van der Waals surface area (Å²) in [5.41, 5.74) is 6.63. The van der Waals surface area contributed by atoms with E-state index in [2.05, 4.69) is 106 Å². The Bertz CT molecular complexity index is 977. The number of fused-ring (bicyclic) bond motifs is 3. The van der Waals surface area contributed by atoms with Crippen LogP contribution >= 0.6 is 15.9 Å². The number of halogens is 1. The van der Waals surface area contributed by atoms with Crippen molar-refractivity contribution in [3.8, 4) is 11.1 Å². The summed E-state index contributed by atoms with van der Waals surface area (Å²) in [5.74, 6) is 1.06. The van der Waals surface area contributed by atoms with Crippen LogP contribution in [0.25, 0.3) is 11.1 Å². The number of hydrogen-bond donors (Lipinski definition) is 1. The van der Waals surface area contributed by atoms with Gasteiger partial charge in [0.05, 0.1) is 6.04 Å². The van der Waals surface area contributed by atoms with E-state index >= 15 is 0 Å². The number of nitrogens with one attached hydrogen (secondary N) is 1. The van der Waals surface area contributed by atoms with E-state index in [0.29, 0.717) is 17.9 Å².